The summed E-state index contributed by atoms with van der Waals surface area (Å²) < 4.78 is 10.5. The molecule has 0 fully saturated rings. The fraction of sp³-hybridized carbons (Fsp3) is 0.118. The van der Waals surface area contributed by atoms with Crippen LogP contribution in [-0.4, -0.2) is 24.6 Å². The van der Waals surface area contributed by atoms with Gasteiger partial charge in [0.2, 0.25) is 12.7 Å². The van der Waals surface area contributed by atoms with Gasteiger partial charge in [-0.15, -0.1) is 0 Å². The Morgan fingerprint density at radius 1 is 1.04 bits per heavy atom. The van der Waals surface area contributed by atoms with Crippen molar-refractivity contribution in [2.24, 2.45) is 0 Å². The zero-order valence-electron chi connectivity index (χ0n) is 12.4. The van der Waals surface area contributed by atoms with Gasteiger partial charge in [0, 0.05) is 11.6 Å². The Morgan fingerprint density at radius 2 is 1.75 bits per heavy atom. The van der Waals surface area contributed by atoms with E-state index < -0.39 is 17.8 Å². The highest BCUT2D eigenvalue weighted by Crippen LogP contribution is 2.41. The number of nitrogens with one attached hydrogen (secondary N) is 1. The summed E-state index contributed by atoms with van der Waals surface area (Å²) >= 11 is 0. The number of fused-ring (bicyclic) bond motifs is 2. The molecule has 2 aliphatic rings. The normalized spacial score (nSPS) is 14.5. The molecule has 120 valence electrons. The Balaban J connectivity index is 1.60. The SMILES string of the molecule is O=C(NC(=O)N1C(=O)Cc2cc3c(cc21)OCO3)c1ccccc1. The minimum absolute atomic E-state index is 0.0684. The van der Waals surface area contributed by atoms with E-state index in [2.05, 4.69) is 5.32 Å². The van der Waals surface area contributed by atoms with E-state index in [4.69, 9.17) is 9.47 Å². The van der Waals surface area contributed by atoms with Crippen molar-refractivity contribution in [2.45, 2.75) is 6.42 Å². The number of urea groups is 1. The molecule has 2 aromatic carbocycles. The number of anilines is 1. The van der Waals surface area contributed by atoms with Crippen LogP contribution in [0.1, 0.15) is 15.9 Å². The van der Waals surface area contributed by atoms with Gasteiger partial charge in [-0.3, -0.25) is 14.9 Å². The van der Waals surface area contributed by atoms with E-state index in [-0.39, 0.29) is 13.2 Å². The maximum absolute atomic E-state index is 12.4. The maximum Gasteiger partial charge on any atom is 0.335 e. The van der Waals surface area contributed by atoms with Crippen LogP contribution >= 0.6 is 0 Å². The van der Waals surface area contributed by atoms with Crippen molar-refractivity contribution in [2.75, 3.05) is 11.7 Å². The molecule has 0 radical (unpaired) electrons. The largest absolute Gasteiger partial charge is 0.454 e. The second kappa shape index (κ2) is 5.38. The smallest absolute Gasteiger partial charge is 0.335 e. The number of nitrogens with zero attached hydrogens (tertiary/aromatic N) is 1. The number of ether oxygens (including phenoxy) is 2. The Kier molecular flexibility index (Phi) is 3.19. The van der Waals surface area contributed by atoms with E-state index in [0.29, 0.717) is 28.3 Å². The number of hydrogen-bond donors (Lipinski definition) is 1. The topological polar surface area (TPSA) is 84.9 Å². The van der Waals surface area contributed by atoms with E-state index in [1.807, 2.05) is 0 Å². The molecule has 4 amide bonds. The number of carbonyl (C=O) groups excluding carboxylic acids is 3. The van der Waals surface area contributed by atoms with Crippen molar-refractivity contribution in [1.29, 1.82) is 0 Å². The predicted molar refractivity (Wildman–Crippen MR) is 83.1 cm³/mol. The van der Waals surface area contributed by atoms with Gasteiger partial charge in [0.25, 0.3) is 5.91 Å². The van der Waals surface area contributed by atoms with E-state index in [9.17, 15) is 14.4 Å². The van der Waals surface area contributed by atoms with Crippen LogP contribution in [0.5, 0.6) is 11.5 Å². The summed E-state index contributed by atoms with van der Waals surface area (Å²) in [5.74, 6) is 0.0365. The Bertz CT molecular complexity index is 863. The number of rotatable bonds is 1. The van der Waals surface area contributed by atoms with Crippen LogP contribution in [0.4, 0.5) is 10.5 Å². The quantitative estimate of drug-likeness (QED) is 0.865. The highest BCUT2D eigenvalue weighted by Gasteiger charge is 2.35. The van der Waals surface area contributed by atoms with E-state index in [0.717, 1.165) is 4.90 Å². The fourth-order valence-electron chi connectivity index (χ4n) is 2.74. The zero-order chi connectivity index (χ0) is 16.7. The van der Waals surface area contributed by atoms with E-state index in [1.165, 1.54) is 0 Å². The molecule has 2 heterocycles. The summed E-state index contributed by atoms with van der Waals surface area (Å²) in [5.41, 5.74) is 1.40. The summed E-state index contributed by atoms with van der Waals surface area (Å²) in [6.07, 6.45) is 0.0684. The van der Waals surface area contributed by atoms with Crippen molar-refractivity contribution in [3.63, 3.8) is 0 Å². The summed E-state index contributed by atoms with van der Waals surface area (Å²) in [7, 11) is 0. The van der Waals surface area contributed by atoms with Crippen LogP contribution in [0.25, 0.3) is 0 Å². The molecule has 0 atom stereocenters. The van der Waals surface area contributed by atoms with Gasteiger partial charge < -0.3 is 9.47 Å². The molecular weight excluding hydrogens is 312 g/mol. The number of hydrogen-bond acceptors (Lipinski definition) is 5. The standard InChI is InChI=1S/C17H12N2O5/c20-15-7-11-6-13-14(24-9-23-13)8-12(11)19(15)17(22)18-16(21)10-4-2-1-3-5-10/h1-6,8H,7,9H2,(H,18,21,22). The number of imide groups is 2. The molecule has 1 N–H and O–H groups in total. The summed E-state index contributed by atoms with van der Waals surface area (Å²) in [6, 6.07) is 10.8. The second-order valence-corrected chi connectivity index (χ2v) is 5.37. The van der Waals surface area contributed by atoms with Crippen LogP contribution in [0.2, 0.25) is 0 Å². The maximum atomic E-state index is 12.4. The first kappa shape index (κ1) is 14.3. The lowest BCUT2D eigenvalue weighted by Crippen LogP contribution is -2.44. The lowest BCUT2D eigenvalue weighted by molar-refractivity contribution is -0.116. The minimum Gasteiger partial charge on any atom is -0.454 e. The molecule has 7 nitrogen and oxygen atoms in total. The molecule has 0 saturated carbocycles. The first-order valence-electron chi connectivity index (χ1n) is 7.29. The third-order valence-corrected chi connectivity index (χ3v) is 3.87. The molecule has 7 heteroatoms. The first-order valence-corrected chi connectivity index (χ1v) is 7.29. The number of amides is 4. The minimum atomic E-state index is -0.786. The average molecular weight is 324 g/mol. The van der Waals surface area contributed by atoms with Crippen molar-refractivity contribution >= 4 is 23.5 Å². The Morgan fingerprint density at radius 3 is 2.50 bits per heavy atom. The average Bonchev–Trinajstić information content (AvgIpc) is 3.15. The highest BCUT2D eigenvalue weighted by molar-refractivity contribution is 6.22. The van der Waals surface area contributed by atoms with Gasteiger partial charge in [0.15, 0.2) is 11.5 Å². The van der Waals surface area contributed by atoms with Gasteiger partial charge in [0.1, 0.15) is 0 Å². The molecule has 0 aliphatic carbocycles. The van der Waals surface area contributed by atoms with Gasteiger partial charge in [-0.25, -0.2) is 9.69 Å². The van der Waals surface area contributed by atoms with Crippen molar-refractivity contribution in [3.05, 3.63) is 53.6 Å². The van der Waals surface area contributed by atoms with Gasteiger partial charge in [0.05, 0.1) is 12.1 Å². The molecule has 4 rings (SSSR count). The van der Waals surface area contributed by atoms with Crippen LogP contribution in [0, 0.1) is 0 Å². The molecule has 0 spiro atoms. The summed E-state index contributed by atoms with van der Waals surface area (Å²) in [6.45, 7) is 0.102. The van der Waals surface area contributed by atoms with Crippen LogP contribution in [0.15, 0.2) is 42.5 Å². The predicted octanol–water partition coefficient (Wildman–Crippen LogP) is 1.85. The fourth-order valence-corrected chi connectivity index (χ4v) is 2.74. The van der Waals surface area contributed by atoms with E-state index >= 15 is 0 Å². The lowest BCUT2D eigenvalue weighted by Gasteiger charge is -2.16. The monoisotopic (exact) mass is 324 g/mol. The van der Waals surface area contributed by atoms with Crippen LogP contribution in [-0.2, 0) is 11.2 Å². The molecule has 24 heavy (non-hydrogen) atoms. The van der Waals surface area contributed by atoms with Gasteiger partial charge >= 0.3 is 6.03 Å². The molecule has 2 aliphatic heterocycles. The Labute approximate surface area is 136 Å². The second-order valence-electron chi connectivity index (χ2n) is 5.37. The van der Waals surface area contributed by atoms with Gasteiger partial charge in [-0.2, -0.15) is 0 Å². The van der Waals surface area contributed by atoms with Gasteiger partial charge in [-0.1, -0.05) is 18.2 Å². The lowest BCUT2D eigenvalue weighted by atomic mass is 10.1. The highest BCUT2D eigenvalue weighted by atomic mass is 16.7. The summed E-state index contributed by atoms with van der Waals surface area (Å²) in [4.78, 5) is 37.7. The van der Waals surface area contributed by atoms with Crippen molar-refractivity contribution < 1.29 is 23.9 Å². The Hall–Kier alpha value is -3.35. The van der Waals surface area contributed by atoms with E-state index in [1.54, 1.807) is 42.5 Å². The third-order valence-electron chi connectivity index (χ3n) is 3.87. The third kappa shape index (κ3) is 2.26. The zero-order valence-corrected chi connectivity index (χ0v) is 12.4. The van der Waals surface area contributed by atoms with Crippen LogP contribution in [0.3, 0.4) is 0 Å². The summed E-state index contributed by atoms with van der Waals surface area (Å²) in [5, 5.41) is 2.23. The molecule has 0 bridgehead atoms. The molecule has 0 unspecified atom stereocenters. The van der Waals surface area contributed by atoms with Crippen molar-refractivity contribution in [1.82, 2.24) is 5.32 Å². The molecule has 0 aromatic heterocycles. The number of carbonyl (C=O) groups is 3. The molecule has 0 saturated heterocycles. The van der Waals surface area contributed by atoms with Crippen LogP contribution < -0.4 is 19.7 Å². The van der Waals surface area contributed by atoms with Crippen molar-refractivity contribution in [3.8, 4) is 11.5 Å². The molecular formula is C17H12N2O5. The molecule has 2 aromatic rings. The number of benzene rings is 2. The first-order chi connectivity index (χ1) is 11.6. The van der Waals surface area contributed by atoms with Gasteiger partial charge in [-0.05, 0) is 23.8 Å².